The third kappa shape index (κ3) is 3.73. The van der Waals surface area contributed by atoms with Gasteiger partial charge in [0.15, 0.2) is 0 Å². The third-order valence-corrected chi connectivity index (χ3v) is 3.64. The van der Waals surface area contributed by atoms with Crippen LogP contribution in [0.15, 0.2) is 53.1 Å². The van der Waals surface area contributed by atoms with E-state index in [-0.39, 0.29) is 5.89 Å². The van der Waals surface area contributed by atoms with Gasteiger partial charge in [-0.05, 0) is 35.9 Å². The molecule has 0 amide bonds. The number of rotatable bonds is 4. The normalized spacial score (nSPS) is 11.5. The van der Waals surface area contributed by atoms with Crippen LogP contribution in [-0.4, -0.2) is 17.3 Å². The van der Waals surface area contributed by atoms with Gasteiger partial charge in [0, 0.05) is 10.6 Å². The van der Waals surface area contributed by atoms with E-state index in [4.69, 9.17) is 32.5 Å². The molecule has 4 nitrogen and oxygen atoms in total. The van der Waals surface area contributed by atoms with E-state index in [2.05, 4.69) is 10.1 Å². The molecule has 0 saturated carbocycles. The fourth-order valence-electron chi connectivity index (χ4n) is 1.97. The maximum atomic E-state index is 6.25. The number of ether oxygens (including phenoxy) is 1. The zero-order valence-electron chi connectivity index (χ0n) is 12.2. The van der Waals surface area contributed by atoms with Crippen LogP contribution < -0.4 is 4.74 Å². The van der Waals surface area contributed by atoms with Crippen LogP contribution in [0.5, 0.6) is 5.75 Å². The third-order valence-electron chi connectivity index (χ3n) is 3.12. The summed E-state index contributed by atoms with van der Waals surface area (Å²) < 4.78 is 10.4. The molecule has 23 heavy (non-hydrogen) atoms. The minimum absolute atomic E-state index is 0.249. The Labute approximate surface area is 143 Å². The molecule has 0 aliphatic heterocycles. The lowest BCUT2D eigenvalue weighted by molar-refractivity contribution is 0.409. The predicted molar refractivity (Wildman–Crippen MR) is 91.5 cm³/mol. The molecule has 0 saturated heterocycles. The van der Waals surface area contributed by atoms with Gasteiger partial charge in [-0.3, -0.25) is 0 Å². The number of aromatic nitrogens is 2. The smallest absolute Gasteiger partial charge is 0.269 e. The van der Waals surface area contributed by atoms with E-state index in [0.29, 0.717) is 15.9 Å². The van der Waals surface area contributed by atoms with Crippen molar-refractivity contribution in [3.63, 3.8) is 0 Å². The molecular formula is C17H12Cl2N2O2. The average molecular weight is 347 g/mol. The fraction of sp³-hybridized carbons (Fsp3) is 0.0588. The molecule has 0 aliphatic rings. The van der Waals surface area contributed by atoms with Gasteiger partial charge in [-0.1, -0.05) is 52.6 Å². The van der Waals surface area contributed by atoms with Crippen molar-refractivity contribution in [3.05, 3.63) is 65.0 Å². The van der Waals surface area contributed by atoms with E-state index in [1.165, 1.54) is 0 Å². The molecule has 0 aliphatic carbocycles. The van der Waals surface area contributed by atoms with E-state index in [0.717, 1.165) is 16.9 Å². The molecule has 3 aromatic rings. The van der Waals surface area contributed by atoms with Gasteiger partial charge < -0.3 is 9.26 Å². The number of halogens is 2. The first-order valence-electron chi connectivity index (χ1n) is 6.77. The molecule has 0 unspecified atom stereocenters. The first kappa shape index (κ1) is 15.6. The molecule has 1 aromatic heterocycles. The first-order valence-corrected chi connectivity index (χ1v) is 7.52. The topological polar surface area (TPSA) is 48.2 Å². The highest BCUT2D eigenvalue weighted by atomic mass is 35.5. The van der Waals surface area contributed by atoms with Crippen molar-refractivity contribution in [2.45, 2.75) is 0 Å². The van der Waals surface area contributed by atoms with Crippen LogP contribution in [0.1, 0.15) is 11.5 Å². The van der Waals surface area contributed by atoms with E-state index in [1.54, 1.807) is 25.3 Å². The zero-order chi connectivity index (χ0) is 16.2. The molecule has 116 valence electrons. The summed E-state index contributed by atoms with van der Waals surface area (Å²) in [5.74, 6) is 1.41. The largest absolute Gasteiger partial charge is 0.497 e. The summed E-state index contributed by atoms with van der Waals surface area (Å²) in [5, 5.41) is 4.97. The van der Waals surface area contributed by atoms with Gasteiger partial charge >= 0.3 is 0 Å². The van der Waals surface area contributed by atoms with Crippen molar-refractivity contribution in [3.8, 4) is 17.1 Å². The van der Waals surface area contributed by atoms with Crippen molar-refractivity contribution in [1.82, 2.24) is 10.1 Å². The van der Waals surface area contributed by atoms with Crippen LogP contribution in [-0.2, 0) is 0 Å². The number of nitrogens with zero attached hydrogens (tertiary/aromatic N) is 2. The van der Waals surface area contributed by atoms with Crippen LogP contribution in [0.2, 0.25) is 5.02 Å². The SMILES string of the molecule is COc1cccc(-c2noc(/C(Cl)=C/c3ccc(Cl)cc3)n2)c1. The van der Waals surface area contributed by atoms with E-state index in [1.807, 2.05) is 36.4 Å². The standard InChI is InChI=1S/C17H12Cl2N2O2/c1-22-14-4-2-3-12(10-14)16-20-17(23-21-16)15(19)9-11-5-7-13(18)8-6-11/h2-10H,1H3/b15-9-. The summed E-state index contributed by atoms with van der Waals surface area (Å²) in [6.45, 7) is 0. The average Bonchev–Trinajstić information content (AvgIpc) is 3.07. The number of hydrogen-bond acceptors (Lipinski definition) is 4. The summed E-state index contributed by atoms with van der Waals surface area (Å²) in [7, 11) is 1.60. The quantitative estimate of drug-likeness (QED) is 0.656. The van der Waals surface area contributed by atoms with E-state index < -0.39 is 0 Å². The number of hydrogen-bond donors (Lipinski definition) is 0. The van der Waals surface area contributed by atoms with Crippen LogP contribution in [0.4, 0.5) is 0 Å². The molecule has 6 heteroatoms. The maximum absolute atomic E-state index is 6.25. The van der Waals surface area contributed by atoms with Crippen molar-refractivity contribution in [2.75, 3.05) is 7.11 Å². The Morgan fingerprint density at radius 3 is 2.70 bits per heavy atom. The summed E-state index contributed by atoms with van der Waals surface area (Å²) in [4.78, 5) is 4.31. The van der Waals surface area contributed by atoms with Gasteiger partial charge in [0.2, 0.25) is 5.82 Å². The lowest BCUT2D eigenvalue weighted by Gasteiger charge is -1.99. The minimum Gasteiger partial charge on any atom is -0.497 e. The predicted octanol–water partition coefficient (Wildman–Crippen LogP) is 5.14. The highest BCUT2D eigenvalue weighted by Crippen LogP contribution is 2.26. The molecule has 2 aromatic carbocycles. The van der Waals surface area contributed by atoms with Gasteiger partial charge in [-0.15, -0.1) is 0 Å². The van der Waals surface area contributed by atoms with Crippen molar-refractivity contribution < 1.29 is 9.26 Å². The van der Waals surface area contributed by atoms with E-state index >= 15 is 0 Å². The molecular weight excluding hydrogens is 335 g/mol. The highest BCUT2D eigenvalue weighted by molar-refractivity contribution is 6.50. The van der Waals surface area contributed by atoms with Crippen molar-refractivity contribution in [2.24, 2.45) is 0 Å². The molecule has 0 bridgehead atoms. The van der Waals surface area contributed by atoms with Crippen molar-refractivity contribution in [1.29, 1.82) is 0 Å². The molecule has 1 heterocycles. The maximum Gasteiger partial charge on any atom is 0.269 e. The molecule has 0 spiro atoms. The fourth-order valence-corrected chi connectivity index (χ4v) is 2.30. The lowest BCUT2D eigenvalue weighted by atomic mass is 10.2. The number of methoxy groups -OCH3 is 1. The highest BCUT2D eigenvalue weighted by Gasteiger charge is 2.12. The van der Waals surface area contributed by atoms with Crippen LogP contribution in [0.3, 0.4) is 0 Å². The summed E-state index contributed by atoms with van der Waals surface area (Å²) in [6, 6.07) is 14.7. The summed E-state index contributed by atoms with van der Waals surface area (Å²) in [5.41, 5.74) is 1.68. The monoisotopic (exact) mass is 346 g/mol. The molecule has 0 fully saturated rings. The Morgan fingerprint density at radius 1 is 1.17 bits per heavy atom. The van der Waals surface area contributed by atoms with Crippen LogP contribution in [0.25, 0.3) is 22.5 Å². The Balaban J connectivity index is 1.87. The molecule has 0 atom stereocenters. The molecule has 3 rings (SSSR count). The minimum atomic E-state index is 0.249. The Morgan fingerprint density at radius 2 is 1.96 bits per heavy atom. The summed E-state index contributed by atoms with van der Waals surface area (Å²) in [6.07, 6.45) is 1.74. The Kier molecular flexibility index (Phi) is 4.65. The van der Waals surface area contributed by atoms with Gasteiger partial charge in [0.1, 0.15) is 10.8 Å². The van der Waals surface area contributed by atoms with Gasteiger partial charge in [0.05, 0.1) is 7.11 Å². The first-order chi connectivity index (χ1) is 11.2. The second-order valence-electron chi connectivity index (χ2n) is 4.70. The number of benzene rings is 2. The molecule has 0 radical (unpaired) electrons. The van der Waals surface area contributed by atoms with Gasteiger partial charge in [0.25, 0.3) is 5.89 Å². The van der Waals surface area contributed by atoms with Gasteiger partial charge in [-0.25, -0.2) is 0 Å². The Hall–Kier alpha value is -2.30. The lowest BCUT2D eigenvalue weighted by Crippen LogP contribution is -1.85. The van der Waals surface area contributed by atoms with Crippen molar-refractivity contribution >= 4 is 34.3 Å². The molecule has 0 N–H and O–H groups in total. The van der Waals surface area contributed by atoms with Crippen LogP contribution >= 0.6 is 23.2 Å². The zero-order valence-corrected chi connectivity index (χ0v) is 13.7. The second-order valence-corrected chi connectivity index (χ2v) is 5.54. The Bertz CT molecular complexity index is 842. The van der Waals surface area contributed by atoms with Crippen LogP contribution in [0, 0.1) is 0 Å². The summed E-state index contributed by atoms with van der Waals surface area (Å²) >= 11 is 12.1. The second kappa shape index (κ2) is 6.86. The van der Waals surface area contributed by atoms with E-state index in [9.17, 15) is 0 Å². The van der Waals surface area contributed by atoms with Gasteiger partial charge in [-0.2, -0.15) is 4.98 Å².